The summed E-state index contributed by atoms with van der Waals surface area (Å²) in [5, 5.41) is 2.63. The van der Waals surface area contributed by atoms with Crippen molar-refractivity contribution in [3.8, 4) is 43.1 Å². The molecule has 0 bridgehead atoms. The Morgan fingerprint density at radius 1 is 0.432 bits per heavy atom. The second-order valence-corrected chi connectivity index (χ2v) is 11.6. The van der Waals surface area contributed by atoms with E-state index in [0.29, 0.717) is 0 Å². The van der Waals surface area contributed by atoms with Gasteiger partial charge in [-0.05, 0) is 44.9 Å². The fraction of sp³-hybridized carbons (Fsp3) is 0.111. The summed E-state index contributed by atoms with van der Waals surface area (Å²) < 4.78 is 0. The van der Waals surface area contributed by atoms with E-state index in [0.717, 1.165) is 0 Å². The van der Waals surface area contributed by atoms with Crippen molar-refractivity contribution in [1.29, 1.82) is 0 Å². The zero-order chi connectivity index (χ0) is 25.4. The average Bonchev–Trinajstić information content (AvgIpc) is 3.33. The molecule has 1 heterocycles. The van der Waals surface area contributed by atoms with Crippen molar-refractivity contribution in [2.45, 2.75) is 26.2 Å². The lowest BCUT2D eigenvalue weighted by Gasteiger charge is -2.21. The van der Waals surface area contributed by atoms with Gasteiger partial charge in [0.15, 0.2) is 0 Å². The van der Waals surface area contributed by atoms with Crippen molar-refractivity contribution in [2.75, 3.05) is 0 Å². The van der Waals surface area contributed by atoms with Crippen LogP contribution in [0.5, 0.6) is 0 Å². The van der Waals surface area contributed by atoms with Crippen molar-refractivity contribution in [2.24, 2.45) is 0 Å². The topological polar surface area (TPSA) is 0 Å². The molecule has 1 aromatic heterocycles. The second-order valence-electron chi connectivity index (χ2n) is 10.6. The fourth-order valence-corrected chi connectivity index (χ4v) is 6.33. The first-order valence-electron chi connectivity index (χ1n) is 12.9. The van der Waals surface area contributed by atoms with Gasteiger partial charge in [-0.15, -0.1) is 11.3 Å². The molecule has 0 radical (unpaired) electrons. The summed E-state index contributed by atoms with van der Waals surface area (Å²) in [7, 11) is 0. The van der Waals surface area contributed by atoms with E-state index in [1.165, 1.54) is 59.5 Å². The van der Waals surface area contributed by atoms with Crippen molar-refractivity contribution < 1.29 is 0 Å². The van der Waals surface area contributed by atoms with Crippen LogP contribution in [0.1, 0.15) is 26.3 Å². The largest absolute Gasteiger partial charge is 0.134 e. The van der Waals surface area contributed by atoms with Crippen LogP contribution in [0.25, 0.3) is 53.9 Å². The zero-order valence-electron chi connectivity index (χ0n) is 21.5. The van der Waals surface area contributed by atoms with E-state index in [1.54, 1.807) is 0 Å². The van der Waals surface area contributed by atoms with Crippen LogP contribution >= 0.6 is 11.3 Å². The molecule has 6 rings (SSSR count). The first-order chi connectivity index (χ1) is 18.0. The molecule has 0 amide bonds. The highest BCUT2D eigenvalue weighted by Crippen LogP contribution is 2.47. The van der Waals surface area contributed by atoms with Gasteiger partial charge in [-0.2, -0.15) is 0 Å². The molecule has 37 heavy (non-hydrogen) atoms. The van der Waals surface area contributed by atoms with E-state index < -0.39 is 0 Å². The van der Waals surface area contributed by atoms with Crippen LogP contribution < -0.4 is 0 Å². The third-order valence-corrected chi connectivity index (χ3v) is 8.39. The second kappa shape index (κ2) is 9.50. The van der Waals surface area contributed by atoms with Crippen molar-refractivity contribution in [1.82, 2.24) is 0 Å². The van der Waals surface area contributed by atoms with Gasteiger partial charge in [0.05, 0.1) is 0 Å². The Kier molecular flexibility index (Phi) is 6.02. The molecule has 0 spiro atoms. The van der Waals surface area contributed by atoms with E-state index in [1.807, 2.05) is 11.3 Å². The Morgan fingerprint density at radius 3 is 1.57 bits per heavy atom. The molecule has 0 aliphatic heterocycles. The minimum atomic E-state index is 0.0765. The van der Waals surface area contributed by atoms with E-state index in [9.17, 15) is 0 Å². The third-order valence-electron chi connectivity index (χ3n) is 7.09. The van der Waals surface area contributed by atoms with Crippen LogP contribution in [0, 0.1) is 0 Å². The summed E-state index contributed by atoms with van der Waals surface area (Å²) in [5.41, 5.74) is 9.04. The Balaban J connectivity index is 1.54. The van der Waals surface area contributed by atoms with Gasteiger partial charge in [-0.25, -0.2) is 0 Å². The molecular weight excluding hydrogens is 464 g/mol. The van der Waals surface area contributed by atoms with Crippen LogP contribution in [0.3, 0.4) is 0 Å². The molecule has 0 saturated heterocycles. The average molecular weight is 495 g/mol. The van der Waals surface area contributed by atoms with Gasteiger partial charge in [0.25, 0.3) is 0 Å². The molecule has 0 N–H and O–H groups in total. The zero-order valence-corrected chi connectivity index (χ0v) is 22.3. The van der Waals surface area contributed by atoms with Gasteiger partial charge in [0.1, 0.15) is 0 Å². The van der Waals surface area contributed by atoms with Crippen LogP contribution in [0.4, 0.5) is 0 Å². The summed E-state index contributed by atoms with van der Waals surface area (Å²) in [4.78, 5) is 2.66. The molecule has 0 nitrogen and oxygen atoms in total. The molecule has 0 unspecified atom stereocenters. The van der Waals surface area contributed by atoms with Gasteiger partial charge in [-0.3, -0.25) is 0 Å². The van der Waals surface area contributed by atoms with Gasteiger partial charge in [-0.1, -0.05) is 142 Å². The maximum atomic E-state index is 2.42. The predicted octanol–water partition coefficient (Wildman–Crippen LogP) is 10.9. The number of thiophene rings is 1. The number of hydrogen-bond donors (Lipinski definition) is 0. The van der Waals surface area contributed by atoms with E-state index in [-0.39, 0.29) is 5.41 Å². The molecule has 0 saturated carbocycles. The lowest BCUT2D eigenvalue weighted by atomic mass is 9.84. The van der Waals surface area contributed by atoms with E-state index >= 15 is 0 Å². The van der Waals surface area contributed by atoms with Crippen molar-refractivity contribution in [3.63, 3.8) is 0 Å². The number of rotatable bonds is 4. The number of fused-ring (bicyclic) bond motifs is 1. The molecule has 6 aromatic rings. The van der Waals surface area contributed by atoms with Crippen molar-refractivity contribution in [3.05, 3.63) is 133 Å². The monoisotopic (exact) mass is 494 g/mol. The van der Waals surface area contributed by atoms with Gasteiger partial charge in [0, 0.05) is 26.1 Å². The molecule has 180 valence electrons. The lowest BCUT2D eigenvalue weighted by molar-refractivity contribution is 0.590. The Morgan fingerprint density at radius 2 is 0.946 bits per heavy atom. The Hall–Kier alpha value is -3.94. The van der Waals surface area contributed by atoms with Gasteiger partial charge >= 0.3 is 0 Å². The Bertz CT molecular complexity index is 1670. The van der Waals surface area contributed by atoms with Gasteiger partial charge in [0.2, 0.25) is 0 Å². The number of hydrogen-bond acceptors (Lipinski definition) is 1. The summed E-state index contributed by atoms with van der Waals surface area (Å²) in [6.45, 7) is 6.88. The summed E-state index contributed by atoms with van der Waals surface area (Å²) in [6.07, 6.45) is 0. The normalized spacial score (nSPS) is 11.6. The fourth-order valence-electron chi connectivity index (χ4n) is 5.02. The molecule has 0 fully saturated rings. The smallest absolute Gasteiger partial charge is 0.0434 e. The SMILES string of the molecule is CC(C)(C)c1ccc(-c2ccccc2)c(-c2sc(-c3ccc(-c4ccccc4)cc3)c3ccccc23)c1. The number of benzene rings is 5. The predicted molar refractivity (Wildman–Crippen MR) is 162 cm³/mol. The standard InChI is InChI=1S/C36H30S/c1-36(2,3)29-22-23-30(27-14-8-5-9-15-27)33(24-29)35-32-17-11-10-16-31(32)34(37-35)28-20-18-26(19-21-28)25-12-6-4-7-13-25/h4-24H,1-3H3. The highest BCUT2D eigenvalue weighted by atomic mass is 32.1. The van der Waals surface area contributed by atoms with Crippen molar-refractivity contribution >= 4 is 22.1 Å². The lowest BCUT2D eigenvalue weighted by Crippen LogP contribution is -2.11. The quantitative estimate of drug-likeness (QED) is 0.229. The maximum absolute atomic E-state index is 2.42. The third kappa shape index (κ3) is 4.52. The molecule has 1 heteroatoms. The molecule has 0 aliphatic carbocycles. The summed E-state index contributed by atoms with van der Waals surface area (Å²) in [5.74, 6) is 0. The minimum absolute atomic E-state index is 0.0765. The Labute approximate surface area is 223 Å². The molecular formula is C36H30S. The maximum Gasteiger partial charge on any atom is 0.0434 e. The molecule has 0 aliphatic rings. The molecule has 5 aromatic carbocycles. The summed E-state index contributed by atoms with van der Waals surface area (Å²) >= 11 is 1.91. The van der Waals surface area contributed by atoms with Crippen LogP contribution in [0.15, 0.2) is 127 Å². The first kappa shape index (κ1) is 23.5. The highest BCUT2D eigenvalue weighted by molar-refractivity contribution is 7.21. The van der Waals surface area contributed by atoms with E-state index in [2.05, 4.69) is 148 Å². The van der Waals surface area contributed by atoms with Gasteiger partial charge < -0.3 is 0 Å². The minimum Gasteiger partial charge on any atom is -0.134 e. The summed E-state index contributed by atoms with van der Waals surface area (Å²) in [6, 6.07) is 46.3. The van der Waals surface area contributed by atoms with Crippen LogP contribution in [0.2, 0.25) is 0 Å². The van der Waals surface area contributed by atoms with E-state index in [4.69, 9.17) is 0 Å². The van der Waals surface area contributed by atoms with Crippen LogP contribution in [-0.2, 0) is 5.41 Å². The molecule has 0 atom stereocenters. The first-order valence-corrected chi connectivity index (χ1v) is 13.7. The van der Waals surface area contributed by atoms with Crippen LogP contribution in [-0.4, -0.2) is 0 Å². The highest BCUT2D eigenvalue weighted by Gasteiger charge is 2.21.